The van der Waals surface area contributed by atoms with Gasteiger partial charge in [-0.15, -0.1) is 11.3 Å². The van der Waals surface area contributed by atoms with E-state index >= 15 is 0 Å². The number of nitrogens with zero attached hydrogens (tertiary/aromatic N) is 2. The number of thiazole rings is 1. The van der Waals surface area contributed by atoms with Crippen LogP contribution in [-0.4, -0.2) is 22.5 Å². The molecule has 0 bridgehead atoms. The van der Waals surface area contributed by atoms with Gasteiger partial charge in [-0.2, -0.15) is 5.10 Å². The molecule has 28 heavy (non-hydrogen) atoms. The van der Waals surface area contributed by atoms with E-state index in [1.165, 1.54) is 18.3 Å². The van der Waals surface area contributed by atoms with Crippen LogP contribution in [0.5, 0.6) is 0 Å². The van der Waals surface area contributed by atoms with Crippen LogP contribution in [0.15, 0.2) is 65.1 Å². The standard InChI is InChI=1S/C21H20N4O2S/c1-14(17-9-6-10-18(11-17)22-15(2)26)24-25-20(27)12-21-23-19(13-28-21)16-7-4-3-5-8-16/h3-11,13H,12H2,1-2H3,(H,22,26)(H,25,27)/b24-14-. The molecule has 6 nitrogen and oxygen atoms in total. The first-order valence-corrected chi connectivity index (χ1v) is 9.60. The number of carbonyl (C=O) groups is 2. The maximum absolute atomic E-state index is 12.2. The van der Waals surface area contributed by atoms with Crippen molar-refractivity contribution in [3.8, 4) is 11.3 Å². The number of hydrogen-bond donors (Lipinski definition) is 2. The molecule has 0 radical (unpaired) electrons. The highest BCUT2D eigenvalue weighted by Crippen LogP contribution is 2.21. The van der Waals surface area contributed by atoms with Gasteiger partial charge in [0.2, 0.25) is 11.8 Å². The average Bonchev–Trinajstić information content (AvgIpc) is 3.15. The zero-order chi connectivity index (χ0) is 19.9. The zero-order valence-electron chi connectivity index (χ0n) is 15.6. The summed E-state index contributed by atoms with van der Waals surface area (Å²) in [4.78, 5) is 27.9. The van der Waals surface area contributed by atoms with Crippen molar-refractivity contribution >= 4 is 34.6 Å². The maximum Gasteiger partial charge on any atom is 0.246 e. The molecule has 3 aromatic rings. The van der Waals surface area contributed by atoms with Gasteiger partial charge in [0.25, 0.3) is 0 Å². The van der Waals surface area contributed by atoms with E-state index in [0.29, 0.717) is 11.4 Å². The van der Waals surface area contributed by atoms with E-state index in [0.717, 1.165) is 21.8 Å². The van der Waals surface area contributed by atoms with Crippen molar-refractivity contribution in [2.24, 2.45) is 5.10 Å². The molecule has 142 valence electrons. The molecule has 0 spiro atoms. The van der Waals surface area contributed by atoms with Crippen LogP contribution in [0.2, 0.25) is 0 Å². The van der Waals surface area contributed by atoms with Crippen molar-refractivity contribution in [1.29, 1.82) is 0 Å². The topological polar surface area (TPSA) is 83.5 Å². The molecule has 1 aromatic heterocycles. The molecule has 0 saturated heterocycles. The molecule has 2 aromatic carbocycles. The minimum Gasteiger partial charge on any atom is -0.326 e. The van der Waals surface area contributed by atoms with E-state index < -0.39 is 0 Å². The Bertz CT molecular complexity index is 1010. The van der Waals surface area contributed by atoms with Gasteiger partial charge in [0.1, 0.15) is 5.01 Å². The quantitative estimate of drug-likeness (QED) is 0.494. The van der Waals surface area contributed by atoms with E-state index in [1.54, 1.807) is 19.1 Å². The Morgan fingerprint density at radius 1 is 1.07 bits per heavy atom. The molecule has 2 amide bonds. The molecule has 0 aliphatic rings. The molecule has 0 unspecified atom stereocenters. The lowest BCUT2D eigenvalue weighted by molar-refractivity contribution is -0.120. The number of anilines is 1. The number of carbonyl (C=O) groups excluding carboxylic acids is 2. The number of nitrogens with one attached hydrogen (secondary N) is 2. The largest absolute Gasteiger partial charge is 0.326 e. The highest BCUT2D eigenvalue weighted by atomic mass is 32.1. The summed E-state index contributed by atoms with van der Waals surface area (Å²) in [6, 6.07) is 17.1. The lowest BCUT2D eigenvalue weighted by atomic mass is 10.1. The second-order valence-corrected chi connectivity index (χ2v) is 7.11. The van der Waals surface area contributed by atoms with Crippen LogP contribution in [0.3, 0.4) is 0 Å². The predicted octanol–water partition coefficient (Wildman–Crippen LogP) is 3.85. The van der Waals surface area contributed by atoms with Gasteiger partial charge in [0.05, 0.1) is 17.8 Å². The number of aromatic nitrogens is 1. The average molecular weight is 392 g/mol. The summed E-state index contributed by atoms with van der Waals surface area (Å²) < 4.78 is 0. The summed E-state index contributed by atoms with van der Waals surface area (Å²) in [5.74, 6) is -0.371. The minimum absolute atomic E-state index is 0.140. The van der Waals surface area contributed by atoms with Gasteiger partial charge < -0.3 is 5.32 Å². The Hall–Kier alpha value is -3.32. The molecule has 3 rings (SSSR count). The summed E-state index contributed by atoms with van der Waals surface area (Å²) in [6.45, 7) is 3.25. The van der Waals surface area contributed by atoms with Crippen LogP contribution < -0.4 is 10.7 Å². The Balaban J connectivity index is 1.61. The minimum atomic E-state index is -0.230. The third-order valence-electron chi connectivity index (χ3n) is 3.88. The van der Waals surface area contributed by atoms with Crippen LogP contribution in [0.4, 0.5) is 5.69 Å². The van der Waals surface area contributed by atoms with Crippen molar-refractivity contribution in [1.82, 2.24) is 10.4 Å². The molecule has 2 N–H and O–H groups in total. The van der Waals surface area contributed by atoms with Gasteiger partial charge in [-0.1, -0.05) is 42.5 Å². The molecule has 0 aliphatic heterocycles. The van der Waals surface area contributed by atoms with Crippen LogP contribution in [0, 0.1) is 0 Å². The second-order valence-electron chi connectivity index (χ2n) is 6.16. The van der Waals surface area contributed by atoms with Crippen molar-refractivity contribution in [3.63, 3.8) is 0 Å². The molecular formula is C21H20N4O2S. The first-order chi connectivity index (χ1) is 13.5. The molecule has 0 saturated carbocycles. The monoisotopic (exact) mass is 392 g/mol. The summed E-state index contributed by atoms with van der Waals surface area (Å²) in [7, 11) is 0. The van der Waals surface area contributed by atoms with E-state index in [4.69, 9.17) is 0 Å². The van der Waals surface area contributed by atoms with Crippen LogP contribution >= 0.6 is 11.3 Å². The maximum atomic E-state index is 12.2. The molecule has 1 heterocycles. The first-order valence-electron chi connectivity index (χ1n) is 8.72. The molecule has 0 atom stereocenters. The van der Waals surface area contributed by atoms with Gasteiger partial charge >= 0.3 is 0 Å². The van der Waals surface area contributed by atoms with Gasteiger partial charge in [-0.25, -0.2) is 10.4 Å². The third-order valence-corrected chi connectivity index (χ3v) is 4.73. The van der Waals surface area contributed by atoms with E-state index in [1.807, 2.05) is 47.8 Å². The van der Waals surface area contributed by atoms with E-state index in [2.05, 4.69) is 20.8 Å². The Morgan fingerprint density at radius 3 is 2.61 bits per heavy atom. The van der Waals surface area contributed by atoms with Gasteiger partial charge in [0.15, 0.2) is 0 Å². The van der Waals surface area contributed by atoms with Crippen LogP contribution in [0.25, 0.3) is 11.3 Å². The fourth-order valence-corrected chi connectivity index (χ4v) is 3.35. The molecular weight excluding hydrogens is 372 g/mol. The number of hydrazone groups is 1. The van der Waals surface area contributed by atoms with E-state index in [9.17, 15) is 9.59 Å². The van der Waals surface area contributed by atoms with Crippen LogP contribution in [-0.2, 0) is 16.0 Å². The predicted molar refractivity (Wildman–Crippen MR) is 112 cm³/mol. The van der Waals surface area contributed by atoms with Gasteiger partial charge in [-0.3, -0.25) is 9.59 Å². The molecule has 0 aliphatic carbocycles. The third kappa shape index (κ3) is 5.34. The number of rotatable bonds is 6. The van der Waals surface area contributed by atoms with Crippen molar-refractivity contribution in [3.05, 3.63) is 70.5 Å². The van der Waals surface area contributed by atoms with Crippen molar-refractivity contribution < 1.29 is 9.59 Å². The second kappa shape index (κ2) is 9.05. The molecule has 0 fully saturated rings. The highest BCUT2D eigenvalue weighted by Gasteiger charge is 2.09. The lowest BCUT2D eigenvalue weighted by Crippen LogP contribution is -2.21. The fraction of sp³-hybridized carbons (Fsp3) is 0.143. The zero-order valence-corrected chi connectivity index (χ0v) is 16.4. The fourth-order valence-electron chi connectivity index (χ4n) is 2.55. The SMILES string of the molecule is CC(=O)Nc1cccc(/C(C)=N\NC(=O)Cc2nc(-c3ccccc3)cs2)c1. The van der Waals surface area contributed by atoms with Crippen LogP contribution in [0.1, 0.15) is 24.4 Å². The Morgan fingerprint density at radius 2 is 1.86 bits per heavy atom. The molecule has 7 heteroatoms. The normalized spacial score (nSPS) is 11.1. The number of amides is 2. The van der Waals surface area contributed by atoms with E-state index in [-0.39, 0.29) is 18.2 Å². The number of hydrogen-bond acceptors (Lipinski definition) is 5. The summed E-state index contributed by atoms with van der Waals surface area (Å²) in [5.41, 5.74) is 6.59. The first kappa shape index (κ1) is 19.4. The van der Waals surface area contributed by atoms with Crippen molar-refractivity contribution in [2.45, 2.75) is 20.3 Å². The van der Waals surface area contributed by atoms with Gasteiger partial charge in [-0.05, 0) is 24.6 Å². The highest BCUT2D eigenvalue weighted by molar-refractivity contribution is 7.10. The summed E-state index contributed by atoms with van der Waals surface area (Å²) >= 11 is 1.45. The summed E-state index contributed by atoms with van der Waals surface area (Å²) in [6.07, 6.45) is 0.167. The van der Waals surface area contributed by atoms with Gasteiger partial charge in [0, 0.05) is 23.6 Å². The summed E-state index contributed by atoms with van der Waals surface area (Å²) in [5, 5.41) is 9.56. The Labute approximate surface area is 167 Å². The number of benzene rings is 2. The lowest BCUT2D eigenvalue weighted by Gasteiger charge is -2.06. The van der Waals surface area contributed by atoms with Crippen molar-refractivity contribution in [2.75, 3.05) is 5.32 Å². The smallest absolute Gasteiger partial charge is 0.246 e. The Kier molecular flexibility index (Phi) is 6.29.